The van der Waals surface area contributed by atoms with Crippen molar-refractivity contribution in [2.45, 2.75) is 35.9 Å². The average molecular weight is 283 g/mol. The standard InChI is InChI=1S/C7H10ClF3O2S2/c1-6(3-2-4-14-6)5(7(9,10)11)15(8,12)13/h5H,2-4H2,1H3. The van der Waals surface area contributed by atoms with E-state index in [4.69, 9.17) is 10.7 Å². The highest BCUT2D eigenvalue weighted by molar-refractivity contribution is 8.15. The number of halogens is 4. The van der Waals surface area contributed by atoms with Gasteiger partial charge in [0.2, 0.25) is 9.05 Å². The van der Waals surface area contributed by atoms with Gasteiger partial charge in [-0.3, -0.25) is 0 Å². The van der Waals surface area contributed by atoms with Crippen molar-refractivity contribution in [1.82, 2.24) is 0 Å². The average Bonchev–Trinajstić information content (AvgIpc) is 2.27. The third-order valence-electron chi connectivity index (χ3n) is 2.38. The van der Waals surface area contributed by atoms with Crippen molar-refractivity contribution < 1.29 is 21.6 Å². The Bertz CT molecular complexity index is 333. The van der Waals surface area contributed by atoms with E-state index in [1.807, 2.05) is 0 Å². The summed E-state index contributed by atoms with van der Waals surface area (Å²) < 4.78 is 58.6. The second-order valence-electron chi connectivity index (χ2n) is 3.66. The minimum absolute atomic E-state index is 0.216. The van der Waals surface area contributed by atoms with Gasteiger partial charge < -0.3 is 0 Å². The van der Waals surface area contributed by atoms with Crippen LogP contribution in [0.4, 0.5) is 13.2 Å². The van der Waals surface area contributed by atoms with Crippen molar-refractivity contribution >= 4 is 31.5 Å². The molecule has 0 aliphatic carbocycles. The zero-order valence-electron chi connectivity index (χ0n) is 7.84. The predicted molar refractivity (Wildman–Crippen MR) is 54.7 cm³/mol. The highest BCUT2D eigenvalue weighted by Crippen LogP contribution is 2.49. The molecule has 0 aromatic rings. The van der Waals surface area contributed by atoms with Crippen molar-refractivity contribution in [1.29, 1.82) is 0 Å². The van der Waals surface area contributed by atoms with Crippen LogP contribution < -0.4 is 0 Å². The maximum Gasteiger partial charge on any atom is 0.408 e. The summed E-state index contributed by atoms with van der Waals surface area (Å²) in [6, 6.07) is 0. The summed E-state index contributed by atoms with van der Waals surface area (Å²) in [6.07, 6.45) is -4.01. The number of thioether (sulfide) groups is 1. The normalized spacial score (nSPS) is 30.5. The quantitative estimate of drug-likeness (QED) is 0.731. The first-order valence-electron chi connectivity index (χ1n) is 4.21. The molecule has 0 saturated carbocycles. The Kier molecular flexibility index (Phi) is 3.58. The molecule has 90 valence electrons. The van der Waals surface area contributed by atoms with E-state index in [0.717, 1.165) is 11.8 Å². The van der Waals surface area contributed by atoms with E-state index in [2.05, 4.69) is 0 Å². The number of alkyl halides is 3. The molecule has 2 atom stereocenters. The lowest BCUT2D eigenvalue weighted by atomic mass is 10.0. The Morgan fingerprint density at radius 3 is 2.27 bits per heavy atom. The molecule has 1 aliphatic heterocycles. The Balaban J connectivity index is 3.13. The highest BCUT2D eigenvalue weighted by Gasteiger charge is 2.59. The minimum Gasteiger partial charge on any atom is -0.212 e. The minimum atomic E-state index is -4.81. The van der Waals surface area contributed by atoms with Crippen molar-refractivity contribution in [2.24, 2.45) is 0 Å². The Labute approximate surface area is 95.0 Å². The molecular formula is C7H10ClF3O2S2. The summed E-state index contributed by atoms with van der Waals surface area (Å²) in [7, 11) is 0.254. The first-order chi connectivity index (χ1) is 6.57. The maximum absolute atomic E-state index is 12.6. The molecule has 15 heavy (non-hydrogen) atoms. The molecule has 1 fully saturated rings. The van der Waals surface area contributed by atoms with Crippen LogP contribution in [0.5, 0.6) is 0 Å². The third kappa shape index (κ3) is 2.94. The second kappa shape index (κ2) is 4.00. The lowest BCUT2D eigenvalue weighted by Gasteiger charge is -2.32. The first-order valence-corrected chi connectivity index (χ1v) is 7.57. The van der Waals surface area contributed by atoms with Gasteiger partial charge in [-0.2, -0.15) is 24.9 Å². The molecule has 1 heterocycles. The summed E-state index contributed by atoms with van der Waals surface area (Å²) in [5, 5.41) is -2.48. The Morgan fingerprint density at radius 1 is 1.47 bits per heavy atom. The molecule has 0 aromatic heterocycles. The topological polar surface area (TPSA) is 34.1 Å². The van der Waals surface area contributed by atoms with Gasteiger partial charge in [0.05, 0.1) is 0 Å². The van der Waals surface area contributed by atoms with Gasteiger partial charge in [0.25, 0.3) is 0 Å². The number of hydrogen-bond donors (Lipinski definition) is 0. The van der Waals surface area contributed by atoms with E-state index in [9.17, 15) is 21.6 Å². The van der Waals surface area contributed by atoms with E-state index in [1.165, 1.54) is 6.92 Å². The van der Waals surface area contributed by atoms with Crippen molar-refractivity contribution in [2.75, 3.05) is 5.75 Å². The molecule has 0 spiro atoms. The fourth-order valence-electron chi connectivity index (χ4n) is 1.81. The molecule has 0 aromatic carbocycles. The number of hydrogen-bond acceptors (Lipinski definition) is 3. The molecule has 2 unspecified atom stereocenters. The van der Waals surface area contributed by atoms with Crippen molar-refractivity contribution in [3.05, 3.63) is 0 Å². The summed E-state index contributed by atoms with van der Waals surface area (Å²) >= 11 is 1.02. The predicted octanol–water partition coefficient (Wildman–Crippen LogP) is 2.77. The van der Waals surface area contributed by atoms with Crippen LogP contribution in [0.25, 0.3) is 0 Å². The van der Waals surface area contributed by atoms with Crippen molar-refractivity contribution in [3.8, 4) is 0 Å². The SMILES string of the molecule is CC1(C(C(F)(F)F)S(=O)(=O)Cl)CCCS1. The molecule has 8 heteroatoms. The molecular weight excluding hydrogens is 273 g/mol. The van der Waals surface area contributed by atoms with E-state index >= 15 is 0 Å². The molecule has 0 bridgehead atoms. The van der Waals surface area contributed by atoms with Gasteiger partial charge in [0, 0.05) is 15.4 Å². The zero-order chi connectivity index (χ0) is 11.9. The van der Waals surface area contributed by atoms with Crippen molar-refractivity contribution in [3.63, 3.8) is 0 Å². The molecule has 0 N–H and O–H groups in total. The molecule has 0 radical (unpaired) electrons. The summed E-state index contributed by atoms with van der Waals surface area (Å²) in [5.41, 5.74) is 0. The molecule has 1 aliphatic rings. The second-order valence-corrected chi connectivity index (χ2v) is 8.00. The van der Waals surface area contributed by atoms with Gasteiger partial charge in [-0.1, -0.05) is 0 Å². The van der Waals surface area contributed by atoms with Crippen LogP contribution in [-0.4, -0.2) is 30.3 Å². The summed E-state index contributed by atoms with van der Waals surface area (Å²) in [5.74, 6) is 0.537. The van der Waals surface area contributed by atoms with E-state index in [1.54, 1.807) is 0 Å². The van der Waals surface area contributed by atoms with Crippen LogP contribution in [0.2, 0.25) is 0 Å². The van der Waals surface area contributed by atoms with Crippen LogP contribution in [0, 0.1) is 0 Å². The van der Waals surface area contributed by atoms with Gasteiger partial charge in [-0.25, -0.2) is 8.42 Å². The smallest absolute Gasteiger partial charge is 0.212 e. The summed E-state index contributed by atoms with van der Waals surface area (Å²) in [6.45, 7) is 1.31. The van der Waals surface area contributed by atoms with E-state index < -0.39 is 25.2 Å². The molecule has 1 rings (SSSR count). The van der Waals surface area contributed by atoms with Crippen LogP contribution in [-0.2, 0) is 9.05 Å². The Hall–Kier alpha value is 0.380. The fraction of sp³-hybridized carbons (Fsp3) is 1.00. The summed E-state index contributed by atoms with van der Waals surface area (Å²) in [4.78, 5) is 0. The fourth-order valence-corrected chi connectivity index (χ4v) is 5.81. The lowest BCUT2D eigenvalue weighted by molar-refractivity contribution is -0.135. The van der Waals surface area contributed by atoms with E-state index in [0.29, 0.717) is 12.2 Å². The third-order valence-corrected chi connectivity index (χ3v) is 6.01. The zero-order valence-corrected chi connectivity index (χ0v) is 10.2. The Morgan fingerprint density at radius 2 is 2.00 bits per heavy atom. The molecule has 2 nitrogen and oxygen atoms in total. The highest BCUT2D eigenvalue weighted by atomic mass is 35.7. The van der Waals surface area contributed by atoms with Gasteiger partial charge in [0.1, 0.15) is 0 Å². The van der Waals surface area contributed by atoms with E-state index in [-0.39, 0.29) is 6.42 Å². The molecule has 1 saturated heterocycles. The largest absolute Gasteiger partial charge is 0.408 e. The van der Waals surface area contributed by atoms with Gasteiger partial charge in [-0.05, 0) is 25.5 Å². The van der Waals surface area contributed by atoms with Crippen LogP contribution in [0.15, 0.2) is 0 Å². The van der Waals surface area contributed by atoms with Crippen LogP contribution >= 0.6 is 22.4 Å². The van der Waals surface area contributed by atoms with Gasteiger partial charge in [-0.15, -0.1) is 0 Å². The lowest BCUT2D eigenvalue weighted by Crippen LogP contribution is -2.48. The molecule has 0 amide bonds. The van der Waals surface area contributed by atoms with Gasteiger partial charge in [0.15, 0.2) is 5.25 Å². The monoisotopic (exact) mass is 282 g/mol. The maximum atomic E-state index is 12.6. The van der Waals surface area contributed by atoms with Crippen LogP contribution in [0.1, 0.15) is 19.8 Å². The van der Waals surface area contributed by atoms with Gasteiger partial charge >= 0.3 is 6.18 Å². The van der Waals surface area contributed by atoms with Crippen LogP contribution in [0.3, 0.4) is 0 Å². The first kappa shape index (κ1) is 13.4. The number of rotatable bonds is 2.